The zero-order valence-corrected chi connectivity index (χ0v) is 12.5. The van der Waals surface area contributed by atoms with Gasteiger partial charge in [-0.2, -0.15) is 13.2 Å². The lowest BCUT2D eigenvalue weighted by Crippen LogP contribution is -2.35. The lowest BCUT2D eigenvalue weighted by molar-refractivity contribution is -0.137. The number of aromatic nitrogens is 2. The van der Waals surface area contributed by atoms with Gasteiger partial charge in [-0.25, -0.2) is 4.98 Å². The number of nitrogens with zero attached hydrogens (tertiary/aromatic N) is 2. The van der Waals surface area contributed by atoms with Crippen molar-refractivity contribution in [3.05, 3.63) is 47.0 Å². The predicted molar refractivity (Wildman–Crippen MR) is 75.7 cm³/mol. The number of imidazole rings is 1. The number of nitrogens with one attached hydrogen (secondary N) is 1. The number of para-hydroxylation sites is 1. The van der Waals surface area contributed by atoms with Crippen molar-refractivity contribution >= 4 is 11.6 Å². The van der Waals surface area contributed by atoms with Crippen molar-refractivity contribution in [2.75, 3.05) is 7.05 Å². The fraction of sp³-hybridized carbons (Fsp3) is 0.357. The largest absolute Gasteiger partial charge is 0.418 e. The SMILES string of the molecule is CNC(C)(C)c1cncn1-c1c(Cl)cccc1C(F)(F)F. The molecule has 0 unspecified atom stereocenters. The van der Waals surface area contributed by atoms with Crippen molar-refractivity contribution in [2.24, 2.45) is 0 Å². The van der Waals surface area contributed by atoms with Crippen molar-refractivity contribution < 1.29 is 13.2 Å². The third-order valence-corrected chi connectivity index (χ3v) is 3.74. The van der Waals surface area contributed by atoms with Crippen LogP contribution >= 0.6 is 11.6 Å². The summed E-state index contributed by atoms with van der Waals surface area (Å²) in [4.78, 5) is 3.97. The highest BCUT2D eigenvalue weighted by atomic mass is 35.5. The van der Waals surface area contributed by atoms with Crippen LogP contribution in [0.4, 0.5) is 13.2 Å². The Morgan fingerprint density at radius 1 is 1.24 bits per heavy atom. The molecule has 0 saturated heterocycles. The van der Waals surface area contributed by atoms with Gasteiger partial charge in [-0.05, 0) is 33.0 Å². The van der Waals surface area contributed by atoms with Gasteiger partial charge in [0.15, 0.2) is 0 Å². The van der Waals surface area contributed by atoms with Crippen LogP contribution in [0.25, 0.3) is 5.69 Å². The first-order valence-electron chi connectivity index (χ1n) is 6.26. The van der Waals surface area contributed by atoms with Crippen LogP contribution < -0.4 is 5.32 Å². The van der Waals surface area contributed by atoms with E-state index in [2.05, 4.69) is 10.3 Å². The first-order valence-corrected chi connectivity index (χ1v) is 6.64. The summed E-state index contributed by atoms with van der Waals surface area (Å²) in [5.74, 6) is 0. The molecule has 3 nitrogen and oxygen atoms in total. The smallest absolute Gasteiger partial charge is 0.310 e. The van der Waals surface area contributed by atoms with Gasteiger partial charge in [0.05, 0.1) is 40.0 Å². The van der Waals surface area contributed by atoms with Crippen molar-refractivity contribution in [3.8, 4) is 5.69 Å². The zero-order valence-electron chi connectivity index (χ0n) is 11.8. The highest BCUT2D eigenvalue weighted by molar-refractivity contribution is 6.32. The maximum atomic E-state index is 13.2. The maximum absolute atomic E-state index is 13.2. The quantitative estimate of drug-likeness (QED) is 0.927. The summed E-state index contributed by atoms with van der Waals surface area (Å²) in [6.45, 7) is 3.70. The molecule has 1 heterocycles. The minimum absolute atomic E-state index is 0.0241. The van der Waals surface area contributed by atoms with Crippen LogP contribution in [0.3, 0.4) is 0 Å². The molecule has 0 aliphatic carbocycles. The minimum atomic E-state index is -4.49. The van der Waals surface area contributed by atoms with E-state index in [4.69, 9.17) is 11.6 Å². The molecule has 0 fully saturated rings. The molecule has 0 saturated carbocycles. The Hall–Kier alpha value is -1.53. The first kappa shape index (κ1) is 15.9. The Balaban J connectivity index is 2.73. The van der Waals surface area contributed by atoms with Crippen LogP contribution in [0.15, 0.2) is 30.7 Å². The molecule has 1 aromatic heterocycles. The van der Waals surface area contributed by atoms with Gasteiger partial charge in [0, 0.05) is 0 Å². The minimum Gasteiger partial charge on any atom is -0.310 e. The van der Waals surface area contributed by atoms with Crippen molar-refractivity contribution in [3.63, 3.8) is 0 Å². The third kappa shape index (κ3) is 2.91. The molecule has 21 heavy (non-hydrogen) atoms. The molecule has 0 aliphatic rings. The Morgan fingerprint density at radius 3 is 2.48 bits per heavy atom. The van der Waals surface area contributed by atoms with Crippen LogP contribution in [0.1, 0.15) is 25.1 Å². The molecule has 1 N–H and O–H groups in total. The van der Waals surface area contributed by atoms with Gasteiger partial charge in [0.2, 0.25) is 0 Å². The normalized spacial score (nSPS) is 12.7. The standard InChI is InChI=1S/C14H15ClF3N3/c1-13(2,19-3)11-7-20-8-21(11)12-9(14(16,17)18)5-4-6-10(12)15/h4-8,19H,1-3H3. The lowest BCUT2D eigenvalue weighted by Gasteiger charge is -2.26. The number of rotatable bonds is 3. The van der Waals surface area contributed by atoms with Crippen molar-refractivity contribution in [1.29, 1.82) is 0 Å². The predicted octanol–water partition coefficient (Wildman–Crippen LogP) is 4.00. The topological polar surface area (TPSA) is 29.9 Å². The van der Waals surface area contributed by atoms with Gasteiger partial charge >= 0.3 is 6.18 Å². The zero-order chi connectivity index (χ0) is 15.8. The van der Waals surface area contributed by atoms with E-state index >= 15 is 0 Å². The van der Waals surface area contributed by atoms with Crippen molar-refractivity contribution in [1.82, 2.24) is 14.9 Å². The van der Waals surface area contributed by atoms with Crippen molar-refractivity contribution in [2.45, 2.75) is 25.6 Å². The van der Waals surface area contributed by atoms with Gasteiger partial charge in [-0.15, -0.1) is 0 Å². The molecule has 114 valence electrons. The molecule has 0 amide bonds. The number of halogens is 4. The van der Waals surface area contributed by atoms with E-state index in [-0.39, 0.29) is 10.7 Å². The van der Waals surface area contributed by atoms with Gasteiger partial charge < -0.3 is 5.32 Å². The van der Waals surface area contributed by atoms with E-state index < -0.39 is 17.3 Å². The van der Waals surface area contributed by atoms with Crippen LogP contribution in [0.5, 0.6) is 0 Å². The summed E-state index contributed by atoms with van der Waals surface area (Å²) in [6, 6.07) is 3.73. The first-order chi connectivity index (χ1) is 9.68. The van der Waals surface area contributed by atoms with E-state index in [1.165, 1.54) is 29.2 Å². The van der Waals surface area contributed by atoms with Crippen LogP contribution in [-0.2, 0) is 11.7 Å². The fourth-order valence-corrected chi connectivity index (χ4v) is 2.32. The van der Waals surface area contributed by atoms with Crippen LogP contribution in [-0.4, -0.2) is 16.6 Å². The third-order valence-electron chi connectivity index (χ3n) is 3.44. The molecular formula is C14H15ClF3N3. The van der Waals surface area contributed by atoms with Gasteiger partial charge in [-0.3, -0.25) is 4.57 Å². The van der Waals surface area contributed by atoms with Gasteiger partial charge in [0.1, 0.15) is 0 Å². The molecule has 2 aromatic rings. The number of hydrogen-bond acceptors (Lipinski definition) is 2. The van der Waals surface area contributed by atoms with E-state index in [1.54, 1.807) is 7.05 Å². The molecule has 1 aromatic carbocycles. The van der Waals surface area contributed by atoms with Gasteiger partial charge in [0.25, 0.3) is 0 Å². The number of hydrogen-bond donors (Lipinski definition) is 1. The second kappa shape index (κ2) is 5.35. The van der Waals surface area contributed by atoms with Crippen LogP contribution in [0, 0.1) is 0 Å². The Kier molecular flexibility index (Phi) is 4.04. The lowest BCUT2D eigenvalue weighted by atomic mass is 10.0. The molecule has 0 radical (unpaired) electrons. The maximum Gasteiger partial charge on any atom is 0.418 e. The molecule has 0 aliphatic heterocycles. The van der Waals surface area contributed by atoms with E-state index in [0.29, 0.717) is 5.69 Å². The summed E-state index contributed by atoms with van der Waals surface area (Å²) < 4.78 is 41.0. The Labute approximate surface area is 125 Å². The van der Waals surface area contributed by atoms with E-state index in [9.17, 15) is 13.2 Å². The molecular weight excluding hydrogens is 303 g/mol. The van der Waals surface area contributed by atoms with Crippen LogP contribution in [0.2, 0.25) is 5.02 Å². The molecule has 0 bridgehead atoms. The highest BCUT2D eigenvalue weighted by Crippen LogP contribution is 2.38. The molecule has 0 atom stereocenters. The summed E-state index contributed by atoms with van der Waals surface area (Å²) in [5.41, 5.74) is -0.870. The molecule has 2 rings (SSSR count). The number of alkyl halides is 3. The summed E-state index contributed by atoms with van der Waals surface area (Å²) in [5, 5.41) is 3.07. The summed E-state index contributed by atoms with van der Waals surface area (Å²) in [7, 11) is 1.73. The summed E-state index contributed by atoms with van der Waals surface area (Å²) >= 11 is 6.02. The summed E-state index contributed by atoms with van der Waals surface area (Å²) in [6.07, 6.45) is -1.63. The number of benzene rings is 1. The van der Waals surface area contributed by atoms with E-state index in [1.807, 2.05) is 13.8 Å². The van der Waals surface area contributed by atoms with Gasteiger partial charge in [-0.1, -0.05) is 17.7 Å². The Morgan fingerprint density at radius 2 is 1.90 bits per heavy atom. The second-order valence-electron chi connectivity index (χ2n) is 5.16. The fourth-order valence-electron chi connectivity index (χ4n) is 2.05. The highest BCUT2D eigenvalue weighted by Gasteiger charge is 2.36. The van der Waals surface area contributed by atoms with E-state index in [0.717, 1.165) is 6.07 Å². The monoisotopic (exact) mass is 317 g/mol. The molecule has 0 spiro atoms. The average Bonchev–Trinajstić information content (AvgIpc) is 2.87. The average molecular weight is 318 g/mol. The second-order valence-corrected chi connectivity index (χ2v) is 5.56. The Bertz CT molecular complexity index is 647. The molecule has 7 heteroatoms.